The minimum atomic E-state index is -0.267. The third-order valence-corrected chi connectivity index (χ3v) is 6.05. The zero-order valence-electron chi connectivity index (χ0n) is 18.5. The lowest BCUT2D eigenvalue weighted by atomic mass is 9.99. The number of anilines is 1. The molecule has 1 aliphatic heterocycles. The number of hydrogen-bond donors (Lipinski definition) is 0. The lowest BCUT2D eigenvalue weighted by Gasteiger charge is -2.30. The van der Waals surface area contributed by atoms with Gasteiger partial charge in [-0.3, -0.25) is 0 Å². The van der Waals surface area contributed by atoms with Gasteiger partial charge in [-0.05, 0) is 50.6 Å². The van der Waals surface area contributed by atoms with Crippen molar-refractivity contribution in [2.24, 2.45) is 0 Å². The Labute approximate surface area is 186 Å². The molecule has 5 rings (SSSR count). The van der Waals surface area contributed by atoms with E-state index in [1.807, 2.05) is 6.92 Å². The van der Waals surface area contributed by atoms with Gasteiger partial charge in [0, 0.05) is 41.8 Å². The fourth-order valence-corrected chi connectivity index (χ4v) is 4.32. The molecule has 0 radical (unpaired) electrons. The highest BCUT2D eigenvalue weighted by atomic mass is 19.1. The van der Waals surface area contributed by atoms with Crippen molar-refractivity contribution in [1.82, 2.24) is 15.1 Å². The standard InChI is InChI=1S/C26H25FN4O/c1-16-4-6-19(7-5-16)14-22-17(2)28-18(3)29-26(22)31-13-12-24-23(15-31)25(32-30-24)20-8-10-21(27)11-9-20/h4-11H,12-15H2,1-3H3. The van der Waals surface area contributed by atoms with Crippen LogP contribution in [0.1, 0.15) is 39.5 Å². The second-order valence-electron chi connectivity index (χ2n) is 8.44. The van der Waals surface area contributed by atoms with Crippen LogP contribution in [0.15, 0.2) is 53.1 Å². The molecular formula is C26H25FN4O. The first kappa shape index (κ1) is 20.4. The Balaban J connectivity index is 1.51. The summed E-state index contributed by atoms with van der Waals surface area (Å²) >= 11 is 0. The van der Waals surface area contributed by atoms with Crippen LogP contribution in [-0.2, 0) is 19.4 Å². The van der Waals surface area contributed by atoms with E-state index in [-0.39, 0.29) is 5.82 Å². The van der Waals surface area contributed by atoms with Crippen molar-refractivity contribution in [1.29, 1.82) is 0 Å². The number of fused-ring (bicyclic) bond motifs is 1. The summed E-state index contributed by atoms with van der Waals surface area (Å²) in [6, 6.07) is 15.0. The number of aromatic nitrogens is 3. The van der Waals surface area contributed by atoms with Crippen LogP contribution in [0.2, 0.25) is 0 Å². The van der Waals surface area contributed by atoms with E-state index in [0.717, 1.165) is 59.1 Å². The first-order valence-corrected chi connectivity index (χ1v) is 10.9. The summed E-state index contributed by atoms with van der Waals surface area (Å²) in [5.74, 6) is 2.16. The highest BCUT2D eigenvalue weighted by Crippen LogP contribution is 2.34. The second kappa shape index (κ2) is 8.19. The fourth-order valence-electron chi connectivity index (χ4n) is 4.32. The van der Waals surface area contributed by atoms with E-state index >= 15 is 0 Å². The van der Waals surface area contributed by atoms with Gasteiger partial charge in [0.15, 0.2) is 5.76 Å². The fraction of sp³-hybridized carbons (Fsp3) is 0.269. The van der Waals surface area contributed by atoms with Crippen LogP contribution >= 0.6 is 0 Å². The van der Waals surface area contributed by atoms with E-state index in [9.17, 15) is 4.39 Å². The van der Waals surface area contributed by atoms with Gasteiger partial charge >= 0.3 is 0 Å². The van der Waals surface area contributed by atoms with E-state index in [2.05, 4.69) is 53.2 Å². The van der Waals surface area contributed by atoms with Gasteiger partial charge in [-0.25, -0.2) is 14.4 Å². The third kappa shape index (κ3) is 3.88. The Bertz CT molecular complexity index is 1260. The average Bonchev–Trinajstić information content (AvgIpc) is 3.20. The van der Waals surface area contributed by atoms with E-state index in [0.29, 0.717) is 12.3 Å². The molecule has 0 bridgehead atoms. The van der Waals surface area contributed by atoms with Gasteiger partial charge in [0.1, 0.15) is 17.5 Å². The Morgan fingerprint density at radius 3 is 2.47 bits per heavy atom. The molecule has 2 aromatic carbocycles. The van der Waals surface area contributed by atoms with E-state index in [4.69, 9.17) is 9.51 Å². The molecule has 0 unspecified atom stereocenters. The molecule has 2 aromatic heterocycles. The lowest BCUT2D eigenvalue weighted by Crippen LogP contribution is -2.32. The summed E-state index contributed by atoms with van der Waals surface area (Å²) in [4.78, 5) is 11.8. The van der Waals surface area contributed by atoms with Gasteiger partial charge in [0.05, 0.1) is 12.2 Å². The van der Waals surface area contributed by atoms with Gasteiger partial charge in [0.25, 0.3) is 0 Å². The van der Waals surface area contributed by atoms with Crippen LogP contribution in [0.4, 0.5) is 10.2 Å². The molecule has 0 saturated heterocycles. The Kier molecular flexibility index (Phi) is 5.21. The van der Waals surface area contributed by atoms with Gasteiger partial charge in [-0.15, -0.1) is 0 Å². The molecule has 1 aliphatic rings. The molecule has 0 N–H and O–H groups in total. The number of hydrogen-bond acceptors (Lipinski definition) is 5. The van der Waals surface area contributed by atoms with Crippen molar-refractivity contribution in [3.63, 3.8) is 0 Å². The normalized spacial score (nSPS) is 13.3. The first-order chi connectivity index (χ1) is 15.5. The van der Waals surface area contributed by atoms with E-state index in [1.165, 1.54) is 23.3 Å². The molecule has 4 aromatic rings. The maximum absolute atomic E-state index is 13.4. The summed E-state index contributed by atoms with van der Waals surface area (Å²) < 4.78 is 19.1. The Morgan fingerprint density at radius 2 is 1.72 bits per heavy atom. The van der Waals surface area contributed by atoms with Gasteiger partial charge in [-0.1, -0.05) is 35.0 Å². The van der Waals surface area contributed by atoms with Gasteiger partial charge in [0.2, 0.25) is 0 Å². The molecule has 162 valence electrons. The van der Waals surface area contributed by atoms with Gasteiger partial charge < -0.3 is 9.42 Å². The van der Waals surface area contributed by atoms with Crippen LogP contribution < -0.4 is 4.90 Å². The predicted molar refractivity (Wildman–Crippen MR) is 122 cm³/mol. The lowest BCUT2D eigenvalue weighted by molar-refractivity contribution is 0.424. The molecule has 0 spiro atoms. The molecule has 0 atom stereocenters. The zero-order chi connectivity index (χ0) is 22.2. The summed E-state index contributed by atoms with van der Waals surface area (Å²) in [7, 11) is 0. The first-order valence-electron chi connectivity index (χ1n) is 10.9. The van der Waals surface area contributed by atoms with Crippen molar-refractivity contribution in [3.8, 4) is 11.3 Å². The van der Waals surface area contributed by atoms with Crippen molar-refractivity contribution in [2.75, 3.05) is 11.4 Å². The molecule has 32 heavy (non-hydrogen) atoms. The van der Waals surface area contributed by atoms with Crippen LogP contribution in [0, 0.1) is 26.6 Å². The molecule has 0 aliphatic carbocycles. The van der Waals surface area contributed by atoms with Crippen molar-refractivity contribution in [3.05, 3.63) is 93.8 Å². The second-order valence-corrected chi connectivity index (χ2v) is 8.44. The minimum absolute atomic E-state index is 0.267. The summed E-state index contributed by atoms with van der Waals surface area (Å²) in [6.07, 6.45) is 1.55. The minimum Gasteiger partial charge on any atom is -0.356 e. The molecule has 3 heterocycles. The summed E-state index contributed by atoms with van der Waals surface area (Å²) in [6.45, 7) is 7.53. The maximum Gasteiger partial charge on any atom is 0.172 e. The van der Waals surface area contributed by atoms with Crippen LogP contribution in [0.25, 0.3) is 11.3 Å². The number of halogens is 1. The SMILES string of the molecule is Cc1ccc(Cc2c(C)nc(C)nc2N2CCc3noc(-c4ccc(F)cc4)c3C2)cc1. The quantitative estimate of drug-likeness (QED) is 0.439. The predicted octanol–water partition coefficient (Wildman–Crippen LogP) is 5.35. The third-order valence-electron chi connectivity index (χ3n) is 6.05. The maximum atomic E-state index is 13.4. The Hall–Kier alpha value is -3.54. The number of aryl methyl sites for hydroxylation is 3. The monoisotopic (exact) mass is 428 g/mol. The number of rotatable bonds is 4. The van der Waals surface area contributed by atoms with Crippen molar-refractivity contribution >= 4 is 5.82 Å². The van der Waals surface area contributed by atoms with Crippen molar-refractivity contribution in [2.45, 2.75) is 40.2 Å². The highest BCUT2D eigenvalue weighted by molar-refractivity contribution is 5.64. The molecule has 0 fully saturated rings. The average molecular weight is 429 g/mol. The largest absolute Gasteiger partial charge is 0.356 e. The van der Waals surface area contributed by atoms with E-state index in [1.54, 1.807) is 12.1 Å². The topological polar surface area (TPSA) is 55.1 Å². The highest BCUT2D eigenvalue weighted by Gasteiger charge is 2.27. The molecule has 5 nitrogen and oxygen atoms in total. The Morgan fingerprint density at radius 1 is 0.969 bits per heavy atom. The molecule has 6 heteroatoms. The smallest absolute Gasteiger partial charge is 0.172 e. The summed E-state index contributed by atoms with van der Waals surface area (Å²) in [5, 5.41) is 4.29. The van der Waals surface area contributed by atoms with Crippen molar-refractivity contribution < 1.29 is 8.91 Å². The zero-order valence-corrected chi connectivity index (χ0v) is 18.5. The molecule has 0 amide bonds. The van der Waals surface area contributed by atoms with Crippen LogP contribution in [0.5, 0.6) is 0 Å². The number of benzene rings is 2. The molecule has 0 saturated carbocycles. The molecular weight excluding hydrogens is 403 g/mol. The van der Waals surface area contributed by atoms with Crippen LogP contribution in [0.3, 0.4) is 0 Å². The van der Waals surface area contributed by atoms with E-state index < -0.39 is 0 Å². The summed E-state index contributed by atoms with van der Waals surface area (Å²) in [5.41, 5.74) is 7.46. The number of nitrogens with zero attached hydrogens (tertiary/aromatic N) is 4. The van der Waals surface area contributed by atoms with Crippen LogP contribution in [-0.4, -0.2) is 21.7 Å². The van der Waals surface area contributed by atoms with Gasteiger partial charge in [-0.2, -0.15) is 0 Å².